The molecule has 0 bridgehead atoms. The van der Waals surface area contributed by atoms with Gasteiger partial charge in [-0.05, 0) is 59.7 Å². The molecule has 9 rings (SSSR count). The van der Waals surface area contributed by atoms with Crippen LogP contribution in [0.2, 0.25) is 0 Å². The summed E-state index contributed by atoms with van der Waals surface area (Å²) in [6, 6.07) is 45.9. The van der Waals surface area contributed by atoms with E-state index in [1.54, 1.807) is 0 Å². The summed E-state index contributed by atoms with van der Waals surface area (Å²) in [6.45, 7) is 0. The van der Waals surface area contributed by atoms with Gasteiger partial charge in [-0.25, -0.2) is 0 Å². The first-order valence-corrected chi connectivity index (χ1v) is 14.0. The minimum absolute atomic E-state index is 0.925. The summed E-state index contributed by atoms with van der Waals surface area (Å²) in [5.41, 5.74) is 7.94. The highest BCUT2D eigenvalue weighted by Crippen LogP contribution is 2.41. The van der Waals surface area contributed by atoms with Crippen molar-refractivity contribution in [2.75, 3.05) is 0 Å². The molecule has 39 heavy (non-hydrogen) atoms. The molecule has 0 aliphatic rings. The summed E-state index contributed by atoms with van der Waals surface area (Å²) in [7, 11) is 0. The number of rotatable bonds is 2. The van der Waals surface area contributed by atoms with Crippen LogP contribution in [0.4, 0.5) is 0 Å². The Balaban J connectivity index is 1.31. The highest BCUT2D eigenvalue weighted by Gasteiger charge is 2.17. The van der Waals surface area contributed by atoms with Crippen LogP contribution in [0, 0.1) is 0 Å². The number of fused-ring (bicyclic) bond motifs is 9. The Morgan fingerprint density at radius 3 is 2.05 bits per heavy atom. The molecule has 3 aromatic heterocycles. The summed E-state index contributed by atoms with van der Waals surface area (Å²) in [5, 5.41) is 7.48. The van der Waals surface area contributed by atoms with Crippen LogP contribution in [0.15, 0.2) is 132 Å². The van der Waals surface area contributed by atoms with Crippen LogP contribution in [0.25, 0.3) is 80.7 Å². The lowest BCUT2D eigenvalue weighted by Gasteiger charge is -2.10. The number of hydrogen-bond donors (Lipinski definition) is 0. The zero-order chi connectivity index (χ0) is 25.5. The number of para-hydroxylation sites is 2. The van der Waals surface area contributed by atoms with Gasteiger partial charge in [-0.15, -0.1) is 11.3 Å². The van der Waals surface area contributed by atoms with Crippen LogP contribution in [0.1, 0.15) is 0 Å². The quantitative estimate of drug-likeness (QED) is 0.224. The number of benzene rings is 6. The number of hydrogen-bond acceptors (Lipinski definition) is 2. The third-order valence-electron chi connectivity index (χ3n) is 8.01. The van der Waals surface area contributed by atoms with Crippen molar-refractivity contribution in [3.8, 4) is 16.8 Å². The fourth-order valence-electron chi connectivity index (χ4n) is 6.23. The minimum atomic E-state index is 0.925. The van der Waals surface area contributed by atoms with Crippen LogP contribution < -0.4 is 0 Å². The Morgan fingerprint density at radius 2 is 1.13 bits per heavy atom. The summed E-state index contributed by atoms with van der Waals surface area (Å²) < 4.78 is 11.2. The lowest BCUT2D eigenvalue weighted by molar-refractivity contribution is 0.669. The average molecular weight is 516 g/mol. The predicted molar refractivity (Wildman–Crippen MR) is 166 cm³/mol. The Hall–Kier alpha value is -4.86. The van der Waals surface area contributed by atoms with Gasteiger partial charge in [0.25, 0.3) is 0 Å². The SMILES string of the molecule is c1ccc2c(c1)oc1ccc(-c3ccc4c(c3)c3ccccc3n4-c3cccc4c3sc3ccccc34)cc12. The molecule has 0 saturated carbocycles. The van der Waals surface area contributed by atoms with Crippen LogP contribution >= 0.6 is 11.3 Å². The van der Waals surface area contributed by atoms with Crippen molar-refractivity contribution in [2.24, 2.45) is 0 Å². The molecule has 0 unspecified atom stereocenters. The predicted octanol–water partition coefficient (Wildman–Crippen LogP) is 10.7. The minimum Gasteiger partial charge on any atom is -0.456 e. The van der Waals surface area contributed by atoms with Gasteiger partial charge in [-0.3, -0.25) is 0 Å². The molecule has 0 spiro atoms. The fourth-order valence-corrected chi connectivity index (χ4v) is 7.43. The van der Waals surface area contributed by atoms with E-state index in [0.29, 0.717) is 0 Å². The second-order valence-electron chi connectivity index (χ2n) is 10.1. The van der Waals surface area contributed by atoms with Crippen LogP contribution in [-0.4, -0.2) is 4.57 Å². The van der Waals surface area contributed by atoms with E-state index in [0.717, 1.165) is 21.9 Å². The molecule has 0 radical (unpaired) electrons. The molecule has 9 aromatic rings. The molecular weight excluding hydrogens is 494 g/mol. The highest BCUT2D eigenvalue weighted by atomic mass is 32.1. The first-order chi connectivity index (χ1) is 19.3. The van der Waals surface area contributed by atoms with E-state index in [9.17, 15) is 0 Å². The third-order valence-corrected chi connectivity index (χ3v) is 9.22. The zero-order valence-electron chi connectivity index (χ0n) is 20.9. The molecule has 0 atom stereocenters. The van der Waals surface area contributed by atoms with E-state index in [2.05, 4.69) is 120 Å². The van der Waals surface area contributed by atoms with Crippen molar-refractivity contribution < 1.29 is 4.42 Å². The topological polar surface area (TPSA) is 18.1 Å². The molecule has 6 aromatic carbocycles. The maximum atomic E-state index is 6.08. The molecule has 3 heterocycles. The molecule has 182 valence electrons. The number of nitrogens with zero attached hydrogens (tertiary/aromatic N) is 1. The van der Waals surface area contributed by atoms with Crippen molar-refractivity contribution in [1.82, 2.24) is 4.57 Å². The van der Waals surface area contributed by atoms with E-state index in [-0.39, 0.29) is 0 Å². The lowest BCUT2D eigenvalue weighted by Crippen LogP contribution is -1.93. The normalized spacial score (nSPS) is 12.1. The monoisotopic (exact) mass is 515 g/mol. The van der Waals surface area contributed by atoms with E-state index in [1.807, 2.05) is 23.5 Å². The van der Waals surface area contributed by atoms with Gasteiger partial charge in [0, 0.05) is 37.0 Å². The van der Waals surface area contributed by atoms with Gasteiger partial charge in [0.2, 0.25) is 0 Å². The third kappa shape index (κ3) is 2.96. The second-order valence-corrected chi connectivity index (χ2v) is 11.2. The summed E-state index contributed by atoms with van der Waals surface area (Å²) in [5.74, 6) is 0. The largest absolute Gasteiger partial charge is 0.456 e. The molecule has 0 amide bonds. The Labute approximate surface area is 227 Å². The summed E-state index contributed by atoms with van der Waals surface area (Å²) in [6.07, 6.45) is 0. The van der Waals surface area contributed by atoms with Gasteiger partial charge in [-0.2, -0.15) is 0 Å². The van der Waals surface area contributed by atoms with Crippen LogP contribution in [-0.2, 0) is 0 Å². The molecule has 2 nitrogen and oxygen atoms in total. The second kappa shape index (κ2) is 7.83. The molecular formula is C36H21NOS. The van der Waals surface area contributed by atoms with Gasteiger partial charge < -0.3 is 8.98 Å². The van der Waals surface area contributed by atoms with Crippen molar-refractivity contribution >= 4 is 75.3 Å². The van der Waals surface area contributed by atoms with Gasteiger partial charge in [0.05, 0.1) is 21.4 Å². The zero-order valence-corrected chi connectivity index (χ0v) is 21.7. The Morgan fingerprint density at radius 1 is 0.462 bits per heavy atom. The van der Waals surface area contributed by atoms with Crippen LogP contribution in [0.3, 0.4) is 0 Å². The van der Waals surface area contributed by atoms with Crippen molar-refractivity contribution in [1.29, 1.82) is 0 Å². The molecule has 0 aliphatic carbocycles. The summed E-state index contributed by atoms with van der Waals surface area (Å²) >= 11 is 1.88. The van der Waals surface area contributed by atoms with Crippen molar-refractivity contribution in [3.63, 3.8) is 0 Å². The van der Waals surface area contributed by atoms with Gasteiger partial charge in [0.15, 0.2) is 0 Å². The molecule has 0 N–H and O–H groups in total. The van der Waals surface area contributed by atoms with Gasteiger partial charge in [-0.1, -0.05) is 78.9 Å². The standard InChI is InChI=1S/C36H21NOS/c1-4-12-30-24(8-1)28-20-22(23-17-19-34-29(21-23)25-9-2-5-14-33(25)38-34)16-18-31(28)37(30)32-13-7-11-27-26-10-3-6-15-35(26)39-36(27)32/h1-21H. The van der Waals surface area contributed by atoms with E-state index in [1.165, 1.54) is 58.8 Å². The first-order valence-electron chi connectivity index (χ1n) is 13.2. The molecule has 3 heteroatoms. The van der Waals surface area contributed by atoms with E-state index < -0.39 is 0 Å². The number of thiophene rings is 1. The average Bonchev–Trinajstić information content (AvgIpc) is 3.66. The summed E-state index contributed by atoms with van der Waals surface area (Å²) in [4.78, 5) is 0. The number of furan rings is 1. The molecule has 0 aliphatic heterocycles. The van der Waals surface area contributed by atoms with Gasteiger partial charge >= 0.3 is 0 Å². The number of aromatic nitrogens is 1. The smallest absolute Gasteiger partial charge is 0.135 e. The fraction of sp³-hybridized carbons (Fsp3) is 0. The first kappa shape index (κ1) is 21.1. The van der Waals surface area contributed by atoms with E-state index in [4.69, 9.17) is 4.42 Å². The van der Waals surface area contributed by atoms with Gasteiger partial charge in [0.1, 0.15) is 11.2 Å². The van der Waals surface area contributed by atoms with Crippen molar-refractivity contribution in [2.45, 2.75) is 0 Å². The molecule has 0 saturated heterocycles. The van der Waals surface area contributed by atoms with Crippen molar-refractivity contribution in [3.05, 3.63) is 127 Å². The molecule has 0 fully saturated rings. The van der Waals surface area contributed by atoms with E-state index >= 15 is 0 Å². The maximum absolute atomic E-state index is 6.08. The highest BCUT2D eigenvalue weighted by molar-refractivity contribution is 7.26. The Kier molecular flexibility index (Phi) is 4.24. The van der Waals surface area contributed by atoms with Crippen LogP contribution in [0.5, 0.6) is 0 Å². The lowest BCUT2D eigenvalue weighted by atomic mass is 10.0. The maximum Gasteiger partial charge on any atom is 0.135 e. The Bertz CT molecular complexity index is 2400.